The average molecular weight is 408 g/mol. The molecule has 0 spiro atoms. The Labute approximate surface area is 176 Å². The Bertz CT molecular complexity index is 1010. The molecule has 4 N–H and O–H groups in total. The summed E-state index contributed by atoms with van der Waals surface area (Å²) >= 11 is 0. The van der Waals surface area contributed by atoms with Crippen LogP contribution in [0.2, 0.25) is 0 Å². The van der Waals surface area contributed by atoms with Crippen molar-refractivity contribution in [3.63, 3.8) is 0 Å². The first-order valence-corrected chi connectivity index (χ1v) is 10.6. The van der Waals surface area contributed by atoms with E-state index in [1.54, 1.807) is 22.9 Å². The predicted octanol–water partition coefficient (Wildman–Crippen LogP) is 3.87. The Kier molecular flexibility index (Phi) is 5.61. The molecule has 4 rings (SSSR count). The summed E-state index contributed by atoms with van der Waals surface area (Å²) < 4.78 is 7.86. The van der Waals surface area contributed by atoms with Crippen molar-refractivity contribution in [2.45, 2.75) is 57.7 Å². The Balaban J connectivity index is 1.53. The molecule has 0 radical (unpaired) electrons. The molecule has 7 heteroatoms. The molecule has 0 bridgehead atoms. The van der Waals surface area contributed by atoms with Gasteiger partial charge in [-0.05, 0) is 48.9 Å². The maximum Gasteiger partial charge on any atom is 0.315 e. The molecule has 7 nitrogen and oxygen atoms in total. The molecule has 1 heterocycles. The number of carbonyl (C=O) groups excluding carboxylic acids is 1. The lowest BCUT2D eigenvalue weighted by molar-refractivity contribution is 0.170. The van der Waals surface area contributed by atoms with Crippen molar-refractivity contribution in [3.8, 4) is 5.75 Å². The van der Waals surface area contributed by atoms with Gasteiger partial charge >= 0.3 is 6.03 Å². The van der Waals surface area contributed by atoms with Gasteiger partial charge < -0.3 is 15.4 Å². The van der Waals surface area contributed by atoms with Crippen LogP contribution in [0.25, 0.3) is 0 Å². The van der Waals surface area contributed by atoms with Crippen LogP contribution in [0, 0.1) is 16.7 Å². The van der Waals surface area contributed by atoms with Gasteiger partial charge in [0.1, 0.15) is 23.2 Å². The first kappa shape index (κ1) is 20.2. The zero-order valence-corrected chi connectivity index (χ0v) is 17.4. The summed E-state index contributed by atoms with van der Waals surface area (Å²) in [5.74, 6) is 1.01. The first-order valence-electron chi connectivity index (χ1n) is 10.6. The van der Waals surface area contributed by atoms with Crippen molar-refractivity contribution >= 4 is 11.9 Å². The van der Waals surface area contributed by atoms with Crippen LogP contribution < -0.4 is 20.9 Å². The highest BCUT2D eigenvalue weighted by Gasteiger charge is 2.30. The number of ether oxygens (including phenoxy) is 1. The van der Waals surface area contributed by atoms with E-state index in [1.165, 1.54) is 0 Å². The molecule has 1 aromatic carbocycles. The van der Waals surface area contributed by atoms with Crippen molar-refractivity contribution < 1.29 is 9.53 Å². The van der Waals surface area contributed by atoms with Gasteiger partial charge in [0.05, 0.1) is 12.2 Å². The highest BCUT2D eigenvalue weighted by Crippen LogP contribution is 2.38. The second-order valence-corrected chi connectivity index (χ2v) is 8.42. The predicted molar refractivity (Wildman–Crippen MR) is 115 cm³/mol. The summed E-state index contributed by atoms with van der Waals surface area (Å²) in [7, 11) is 0. The zero-order valence-electron chi connectivity index (χ0n) is 17.4. The van der Waals surface area contributed by atoms with Crippen LogP contribution in [0.1, 0.15) is 62.8 Å². The number of carbonyl (C=O) groups is 1. The van der Waals surface area contributed by atoms with Gasteiger partial charge in [0.25, 0.3) is 0 Å². The van der Waals surface area contributed by atoms with E-state index in [0.29, 0.717) is 17.6 Å². The Morgan fingerprint density at radius 2 is 1.80 bits per heavy atom. The van der Waals surface area contributed by atoms with Crippen LogP contribution in [-0.2, 0) is 0 Å². The van der Waals surface area contributed by atoms with E-state index in [4.69, 9.17) is 15.6 Å². The van der Waals surface area contributed by atoms with E-state index in [1.807, 2.05) is 26.0 Å². The van der Waals surface area contributed by atoms with Crippen LogP contribution in [0.15, 0.2) is 42.6 Å². The zero-order chi connectivity index (χ0) is 21.3. The number of nitrogens with one attached hydrogen (secondary N) is 4. The van der Waals surface area contributed by atoms with Crippen molar-refractivity contribution in [1.29, 1.82) is 10.8 Å². The summed E-state index contributed by atoms with van der Waals surface area (Å²) in [6, 6.07) is 11.7. The quantitative estimate of drug-likeness (QED) is 0.446. The molecule has 1 aromatic heterocycles. The topological polar surface area (TPSA) is 103 Å². The fourth-order valence-electron chi connectivity index (χ4n) is 3.83. The van der Waals surface area contributed by atoms with Crippen molar-refractivity contribution in [2.24, 2.45) is 5.92 Å². The number of benzene rings is 1. The second kappa shape index (κ2) is 8.34. The fraction of sp³-hybridized carbons (Fsp3) is 0.435. The van der Waals surface area contributed by atoms with E-state index >= 15 is 0 Å². The van der Waals surface area contributed by atoms with E-state index in [2.05, 4.69) is 22.8 Å². The summed E-state index contributed by atoms with van der Waals surface area (Å²) in [5.41, 5.74) is 2.41. The summed E-state index contributed by atoms with van der Waals surface area (Å²) in [6.45, 7) is 3.87. The van der Waals surface area contributed by atoms with Gasteiger partial charge in [-0.2, -0.15) is 0 Å². The standard InChI is InChI=1S/C23H29N5O2/c1-14(2)22(25)28-13-16(9-12-21(28)24)30-20-11-10-19(17-5-3-4-6-18(17)20)27-23(29)26-15-7-8-15/h3-6,9,12-15,19-20,24-25H,7-8,10-11H2,1-2H3,(H2,26,27,29)/t19?,20-/m1/s1. The fourth-order valence-corrected chi connectivity index (χ4v) is 3.83. The Morgan fingerprint density at radius 1 is 1.07 bits per heavy atom. The van der Waals surface area contributed by atoms with Crippen LogP contribution in [0.5, 0.6) is 5.75 Å². The lowest BCUT2D eigenvalue weighted by atomic mass is 9.85. The SMILES string of the molecule is CC(C)C(=N)n1cc(O[C@@H]2CCC(NC(=O)NC3CC3)c3ccccc32)ccc1=N. The van der Waals surface area contributed by atoms with Gasteiger partial charge in [0.15, 0.2) is 0 Å². The van der Waals surface area contributed by atoms with Crippen molar-refractivity contribution in [2.75, 3.05) is 0 Å². The van der Waals surface area contributed by atoms with E-state index in [-0.39, 0.29) is 29.6 Å². The molecular formula is C23H29N5O2. The lowest BCUT2D eigenvalue weighted by Gasteiger charge is -2.32. The second-order valence-electron chi connectivity index (χ2n) is 8.42. The summed E-state index contributed by atoms with van der Waals surface area (Å²) in [6.07, 6.45) is 5.28. The summed E-state index contributed by atoms with van der Waals surface area (Å²) in [5, 5.41) is 22.4. The molecule has 2 atom stereocenters. The van der Waals surface area contributed by atoms with Gasteiger partial charge in [-0.25, -0.2) is 4.79 Å². The number of urea groups is 1. The molecule has 1 fully saturated rings. The molecule has 1 unspecified atom stereocenters. The van der Waals surface area contributed by atoms with Crippen molar-refractivity contribution in [3.05, 3.63) is 59.2 Å². The minimum absolute atomic E-state index is 0.0124. The summed E-state index contributed by atoms with van der Waals surface area (Å²) in [4.78, 5) is 12.2. The minimum atomic E-state index is -0.135. The highest BCUT2D eigenvalue weighted by atomic mass is 16.5. The smallest absolute Gasteiger partial charge is 0.315 e. The molecule has 1 saturated carbocycles. The van der Waals surface area contributed by atoms with E-state index < -0.39 is 0 Å². The minimum Gasteiger partial charge on any atom is -0.484 e. The van der Waals surface area contributed by atoms with Gasteiger partial charge in [0.2, 0.25) is 0 Å². The largest absolute Gasteiger partial charge is 0.484 e. The van der Waals surface area contributed by atoms with E-state index in [9.17, 15) is 4.79 Å². The van der Waals surface area contributed by atoms with Crippen LogP contribution in [0.4, 0.5) is 4.79 Å². The third-order valence-electron chi connectivity index (χ3n) is 5.66. The van der Waals surface area contributed by atoms with Crippen LogP contribution >= 0.6 is 0 Å². The number of pyridine rings is 1. The normalized spacial score (nSPS) is 20.4. The maximum absolute atomic E-state index is 12.2. The van der Waals surface area contributed by atoms with E-state index in [0.717, 1.165) is 36.8 Å². The molecule has 2 amide bonds. The Morgan fingerprint density at radius 3 is 2.50 bits per heavy atom. The number of aromatic nitrogens is 1. The number of hydrogen-bond acceptors (Lipinski definition) is 4. The number of nitrogens with zero attached hydrogens (tertiary/aromatic N) is 1. The molecular weight excluding hydrogens is 378 g/mol. The van der Waals surface area contributed by atoms with Crippen LogP contribution in [-0.4, -0.2) is 22.5 Å². The molecule has 2 aliphatic carbocycles. The third kappa shape index (κ3) is 4.40. The van der Waals surface area contributed by atoms with Gasteiger partial charge in [-0.1, -0.05) is 38.1 Å². The number of fused-ring (bicyclic) bond motifs is 1. The van der Waals surface area contributed by atoms with Crippen molar-refractivity contribution in [1.82, 2.24) is 15.2 Å². The lowest BCUT2D eigenvalue weighted by Crippen LogP contribution is -2.40. The molecule has 0 saturated heterocycles. The molecule has 158 valence electrons. The molecule has 0 aliphatic heterocycles. The number of amides is 2. The average Bonchev–Trinajstić information content (AvgIpc) is 3.54. The number of rotatable bonds is 5. The Hall–Kier alpha value is -3.09. The van der Waals surface area contributed by atoms with Gasteiger partial charge in [-0.3, -0.25) is 15.4 Å². The molecule has 30 heavy (non-hydrogen) atoms. The van der Waals surface area contributed by atoms with Gasteiger partial charge in [-0.15, -0.1) is 0 Å². The third-order valence-corrected chi connectivity index (χ3v) is 5.66. The van der Waals surface area contributed by atoms with Crippen LogP contribution in [0.3, 0.4) is 0 Å². The van der Waals surface area contributed by atoms with Gasteiger partial charge in [0, 0.05) is 12.0 Å². The number of hydrogen-bond donors (Lipinski definition) is 4. The molecule has 2 aliphatic rings. The molecule has 2 aromatic rings. The first-order chi connectivity index (χ1) is 14.4. The maximum atomic E-state index is 12.2. The monoisotopic (exact) mass is 407 g/mol. The highest BCUT2D eigenvalue weighted by molar-refractivity contribution is 5.83.